The van der Waals surface area contributed by atoms with Crippen molar-refractivity contribution in [2.75, 3.05) is 18.0 Å². The summed E-state index contributed by atoms with van der Waals surface area (Å²) in [4.78, 5) is 2.16. The van der Waals surface area contributed by atoms with E-state index in [2.05, 4.69) is 4.90 Å². The zero-order chi connectivity index (χ0) is 11.6. The van der Waals surface area contributed by atoms with Crippen LogP contribution in [0.2, 0.25) is 0 Å². The van der Waals surface area contributed by atoms with Gasteiger partial charge >= 0.3 is 0 Å². The van der Waals surface area contributed by atoms with Crippen LogP contribution in [0.1, 0.15) is 25.3 Å². The van der Waals surface area contributed by atoms with Crippen LogP contribution in [0.5, 0.6) is 0 Å². The third kappa shape index (κ3) is 2.36. The Balaban J connectivity index is 2.23. The van der Waals surface area contributed by atoms with Gasteiger partial charge in [-0.25, -0.2) is 0 Å². The Hall–Kier alpha value is -1.06. The highest BCUT2D eigenvalue weighted by Crippen LogP contribution is 2.28. The maximum absolute atomic E-state index is 10.1. The number of rotatable bonds is 2. The van der Waals surface area contributed by atoms with Crippen molar-refractivity contribution in [2.24, 2.45) is 0 Å². The first kappa shape index (κ1) is 11.4. The van der Waals surface area contributed by atoms with Gasteiger partial charge in [-0.1, -0.05) is 18.2 Å². The Morgan fingerprint density at radius 1 is 1.38 bits per heavy atom. The van der Waals surface area contributed by atoms with Gasteiger partial charge in [0.2, 0.25) is 0 Å². The second-order valence-electron chi connectivity index (χ2n) is 4.81. The summed E-state index contributed by atoms with van der Waals surface area (Å²) in [6.45, 7) is 3.52. The van der Waals surface area contributed by atoms with E-state index in [1.165, 1.54) is 0 Å². The van der Waals surface area contributed by atoms with Crippen LogP contribution in [0.25, 0.3) is 0 Å². The van der Waals surface area contributed by atoms with Gasteiger partial charge in [-0.3, -0.25) is 0 Å². The second kappa shape index (κ2) is 4.44. The summed E-state index contributed by atoms with van der Waals surface area (Å²) in [6.07, 6.45) is 1.84. The molecule has 0 bridgehead atoms. The summed E-state index contributed by atoms with van der Waals surface area (Å²) in [6, 6.07) is 7.83. The van der Waals surface area contributed by atoms with Crippen LogP contribution in [-0.4, -0.2) is 28.9 Å². The number of anilines is 1. The first-order valence-electron chi connectivity index (χ1n) is 5.78. The molecule has 2 rings (SSSR count). The lowest BCUT2D eigenvalue weighted by Gasteiger charge is -2.39. The molecule has 1 unspecified atom stereocenters. The maximum Gasteiger partial charge on any atom is 0.0794 e. The fourth-order valence-corrected chi connectivity index (χ4v) is 2.38. The van der Waals surface area contributed by atoms with Gasteiger partial charge in [0.05, 0.1) is 12.2 Å². The molecule has 0 radical (unpaired) electrons. The van der Waals surface area contributed by atoms with E-state index in [9.17, 15) is 10.2 Å². The number of hydrogen-bond acceptors (Lipinski definition) is 3. The van der Waals surface area contributed by atoms with Crippen molar-refractivity contribution in [2.45, 2.75) is 32.0 Å². The van der Waals surface area contributed by atoms with Crippen molar-refractivity contribution < 1.29 is 10.2 Å². The molecule has 16 heavy (non-hydrogen) atoms. The van der Waals surface area contributed by atoms with Gasteiger partial charge in [0.1, 0.15) is 0 Å². The summed E-state index contributed by atoms with van der Waals surface area (Å²) in [5, 5.41) is 19.4. The zero-order valence-corrected chi connectivity index (χ0v) is 9.69. The van der Waals surface area contributed by atoms with Crippen LogP contribution in [-0.2, 0) is 6.61 Å². The molecule has 1 aromatic rings. The molecular weight excluding hydrogens is 202 g/mol. The van der Waals surface area contributed by atoms with Gasteiger partial charge in [0.25, 0.3) is 0 Å². The van der Waals surface area contributed by atoms with Crippen LogP contribution in [0.15, 0.2) is 24.3 Å². The number of β-amino-alcohol motifs (C(OH)–C–C–N with tert-alkyl or cyclic N) is 1. The average molecular weight is 221 g/mol. The number of aliphatic hydroxyl groups is 2. The lowest BCUT2D eigenvalue weighted by atomic mass is 9.94. The summed E-state index contributed by atoms with van der Waals surface area (Å²) in [7, 11) is 0. The minimum absolute atomic E-state index is 0.0504. The molecular formula is C13H19NO2. The lowest BCUT2D eigenvalue weighted by molar-refractivity contribution is 0.0448. The van der Waals surface area contributed by atoms with Crippen molar-refractivity contribution in [3.8, 4) is 0 Å². The molecule has 88 valence electrons. The van der Waals surface area contributed by atoms with Gasteiger partial charge in [-0.2, -0.15) is 0 Å². The van der Waals surface area contributed by atoms with E-state index in [1.54, 1.807) is 0 Å². The average Bonchev–Trinajstić information content (AvgIpc) is 2.27. The smallest absolute Gasteiger partial charge is 0.0794 e. The van der Waals surface area contributed by atoms with Crippen LogP contribution >= 0.6 is 0 Å². The molecule has 0 saturated carbocycles. The number of nitrogens with zero attached hydrogens (tertiary/aromatic N) is 1. The molecule has 0 aliphatic carbocycles. The fraction of sp³-hybridized carbons (Fsp3) is 0.538. The van der Waals surface area contributed by atoms with E-state index in [1.807, 2.05) is 31.2 Å². The Morgan fingerprint density at radius 2 is 2.12 bits per heavy atom. The van der Waals surface area contributed by atoms with Crippen molar-refractivity contribution in [3.05, 3.63) is 29.8 Å². The number of hydrogen-bond donors (Lipinski definition) is 2. The largest absolute Gasteiger partial charge is 0.392 e. The summed E-state index contributed by atoms with van der Waals surface area (Å²) in [5.41, 5.74) is 1.37. The highest BCUT2D eigenvalue weighted by molar-refractivity contribution is 5.54. The quantitative estimate of drug-likeness (QED) is 0.796. The van der Waals surface area contributed by atoms with Gasteiger partial charge in [0, 0.05) is 24.3 Å². The normalized spacial score (nSPS) is 25.8. The molecule has 3 heteroatoms. The molecule has 2 N–H and O–H groups in total. The predicted octanol–water partition coefficient (Wildman–Crippen LogP) is 1.53. The van der Waals surface area contributed by atoms with Gasteiger partial charge in [0.15, 0.2) is 0 Å². The second-order valence-corrected chi connectivity index (χ2v) is 4.81. The number of aliphatic hydroxyl groups excluding tert-OH is 1. The van der Waals surface area contributed by atoms with Crippen molar-refractivity contribution >= 4 is 5.69 Å². The van der Waals surface area contributed by atoms with Crippen LogP contribution in [0, 0.1) is 0 Å². The first-order valence-corrected chi connectivity index (χ1v) is 5.78. The minimum atomic E-state index is -0.610. The topological polar surface area (TPSA) is 43.7 Å². The monoisotopic (exact) mass is 221 g/mol. The Kier molecular flexibility index (Phi) is 3.17. The van der Waals surface area contributed by atoms with Gasteiger partial charge in [-0.15, -0.1) is 0 Å². The van der Waals surface area contributed by atoms with E-state index >= 15 is 0 Å². The van der Waals surface area contributed by atoms with E-state index in [0.29, 0.717) is 6.54 Å². The zero-order valence-electron chi connectivity index (χ0n) is 9.69. The summed E-state index contributed by atoms with van der Waals surface area (Å²) in [5.74, 6) is 0. The SMILES string of the molecule is CC1(O)CCCN(c2ccccc2CO)C1. The van der Waals surface area contributed by atoms with E-state index < -0.39 is 5.60 Å². The molecule has 1 atom stereocenters. The van der Waals surface area contributed by atoms with Gasteiger partial charge in [-0.05, 0) is 25.8 Å². The Bertz CT molecular complexity index is 363. The number of para-hydroxylation sites is 1. The predicted molar refractivity (Wildman–Crippen MR) is 64.4 cm³/mol. The Morgan fingerprint density at radius 3 is 2.81 bits per heavy atom. The van der Waals surface area contributed by atoms with E-state index in [-0.39, 0.29) is 6.61 Å². The first-order chi connectivity index (χ1) is 7.62. The molecule has 1 aliphatic heterocycles. The number of benzene rings is 1. The highest BCUT2D eigenvalue weighted by Gasteiger charge is 2.29. The molecule has 1 fully saturated rings. The van der Waals surface area contributed by atoms with E-state index in [4.69, 9.17) is 0 Å². The molecule has 0 amide bonds. The van der Waals surface area contributed by atoms with E-state index in [0.717, 1.165) is 30.6 Å². The van der Waals surface area contributed by atoms with Gasteiger partial charge < -0.3 is 15.1 Å². The van der Waals surface area contributed by atoms with Crippen LogP contribution < -0.4 is 4.90 Å². The number of piperidine rings is 1. The van der Waals surface area contributed by atoms with Crippen LogP contribution in [0.4, 0.5) is 5.69 Å². The molecule has 3 nitrogen and oxygen atoms in total. The lowest BCUT2D eigenvalue weighted by Crippen LogP contribution is -2.46. The van der Waals surface area contributed by atoms with Crippen molar-refractivity contribution in [1.29, 1.82) is 0 Å². The highest BCUT2D eigenvalue weighted by atomic mass is 16.3. The standard InChI is InChI=1S/C13H19NO2/c1-13(16)7-4-8-14(10-13)12-6-3-2-5-11(12)9-15/h2-3,5-6,15-16H,4,7-10H2,1H3. The molecule has 0 aromatic heterocycles. The third-order valence-corrected chi connectivity index (χ3v) is 3.18. The van der Waals surface area contributed by atoms with Crippen molar-refractivity contribution in [3.63, 3.8) is 0 Å². The molecule has 1 aromatic carbocycles. The summed E-state index contributed by atoms with van der Waals surface area (Å²) >= 11 is 0. The van der Waals surface area contributed by atoms with Crippen LogP contribution in [0.3, 0.4) is 0 Å². The summed E-state index contributed by atoms with van der Waals surface area (Å²) < 4.78 is 0. The minimum Gasteiger partial charge on any atom is -0.392 e. The third-order valence-electron chi connectivity index (χ3n) is 3.18. The molecule has 1 heterocycles. The molecule has 1 aliphatic rings. The fourth-order valence-electron chi connectivity index (χ4n) is 2.38. The maximum atomic E-state index is 10.1. The van der Waals surface area contributed by atoms with Crippen molar-refractivity contribution in [1.82, 2.24) is 0 Å². The molecule has 0 spiro atoms. The Labute approximate surface area is 96.3 Å². The molecule has 1 saturated heterocycles.